The second-order valence-corrected chi connectivity index (χ2v) is 4.90. The zero-order chi connectivity index (χ0) is 15.1. The summed E-state index contributed by atoms with van der Waals surface area (Å²) in [5.74, 6) is 1.13. The van der Waals surface area contributed by atoms with Gasteiger partial charge in [0.15, 0.2) is 0 Å². The van der Waals surface area contributed by atoms with E-state index in [-0.39, 0.29) is 25.0 Å². The number of ether oxygens (including phenoxy) is 2. The smallest absolute Gasteiger partial charge is 0.223 e. The van der Waals surface area contributed by atoms with Crippen molar-refractivity contribution in [2.45, 2.75) is 39.3 Å². The molecule has 1 aromatic rings. The third-order valence-electron chi connectivity index (χ3n) is 2.71. The van der Waals surface area contributed by atoms with Crippen LogP contribution in [0, 0.1) is 0 Å². The first-order valence-corrected chi connectivity index (χ1v) is 6.72. The Hall–Kier alpha value is -1.75. The molecule has 2 N–H and O–H groups in total. The highest BCUT2D eigenvalue weighted by Crippen LogP contribution is 2.29. The van der Waals surface area contributed by atoms with Crippen molar-refractivity contribution in [3.8, 4) is 11.5 Å². The number of carbonyl (C=O) groups excluding carboxylic acids is 1. The molecule has 0 aromatic heterocycles. The van der Waals surface area contributed by atoms with Gasteiger partial charge in [-0.3, -0.25) is 4.79 Å². The van der Waals surface area contributed by atoms with Gasteiger partial charge in [-0.2, -0.15) is 0 Å². The van der Waals surface area contributed by atoms with Crippen molar-refractivity contribution in [1.82, 2.24) is 5.32 Å². The van der Waals surface area contributed by atoms with Gasteiger partial charge in [-0.05, 0) is 32.9 Å². The molecule has 5 nitrogen and oxygen atoms in total. The van der Waals surface area contributed by atoms with Gasteiger partial charge in [-0.25, -0.2) is 0 Å². The molecule has 1 aromatic carbocycles. The van der Waals surface area contributed by atoms with E-state index in [1.807, 2.05) is 13.8 Å². The Morgan fingerprint density at radius 1 is 1.35 bits per heavy atom. The third-order valence-corrected chi connectivity index (χ3v) is 2.71. The lowest BCUT2D eigenvalue weighted by Gasteiger charge is -2.15. The lowest BCUT2D eigenvalue weighted by atomic mass is 10.1. The van der Waals surface area contributed by atoms with E-state index in [2.05, 4.69) is 5.32 Å². The summed E-state index contributed by atoms with van der Waals surface area (Å²) in [4.78, 5) is 11.5. The van der Waals surface area contributed by atoms with Crippen molar-refractivity contribution in [2.75, 3.05) is 13.7 Å². The highest BCUT2D eigenvalue weighted by Gasteiger charge is 2.11. The number of aliphatic hydroxyl groups is 1. The summed E-state index contributed by atoms with van der Waals surface area (Å²) in [6, 6.07) is 5.35. The van der Waals surface area contributed by atoms with Crippen LogP contribution in [0.4, 0.5) is 0 Å². The quantitative estimate of drug-likeness (QED) is 0.802. The van der Waals surface area contributed by atoms with Gasteiger partial charge in [0.05, 0.1) is 26.2 Å². The standard InChI is InChI=1S/C15H23NO4/c1-10(2)16-15(18)7-8-20-14-9-12(19-4)5-6-13(14)11(3)17/h5-6,9-11,17H,7-8H2,1-4H3,(H,16,18). The molecule has 1 rings (SSSR count). The number of nitrogens with one attached hydrogen (secondary N) is 1. The van der Waals surface area contributed by atoms with Gasteiger partial charge >= 0.3 is 0 Å². The van der Waals surface area contributed by atoms with E-state index in [1.54, 1.807) is 32.2 Å². The average Bonchev–Trinajstić information content (AvgIpc) is 2.37. The Labute approximate surface area is 119 Å². The number of amides is 1. The van der Waals surface area contributed by atoms with E-state index >= 15 is 0 Å². The maximum absolute atomic E-state index is 11.5. The predicted molar refractivity (Wildman–Crippen MR) is 77.0 cm³/mol. The monoisotopic (exact) mass is 281 g/mol. The fourth-order valence-electron chi connectivity index (χ4n) is 1.76. The topological polar surface area (TPSA) is 67.8 Å². The molecule has 1 unspecified atom stereocenters. The van der Waals surface area contributed by atoms with E-state index < -0.39 is 6.10 Å². The molecular formula is C15H23NO4. The van der Waals surface area contributed by atoms with Crippen molar-refractivity contribution < 1.29 is 19.4 Å². The highest BCUT2D eigenvalue weighted by atomic mass is 16.5. The first-order chi connectivity index (χ1) is 9.43. The van der Waals surface area contributed by atoms with Crippen LogP contribution in [0.2, 0.25) is 0 Å². The summed E-state index contributed by atoms with van der Waals surface area (Å²) in [5, 5.41) is 12.5. The molecule has 0 saturated heterocycles. The Morgan fingerprint density at radius 3 is 2.60 bits per heavy atom. The van der Waals surface area contributed by atoms with Gasteiger partial charge in [-0.15, -0.1) is 0 Å². The number of methoxy groups -OCH3 is 1. The molecule has 0 aliphatic heterocycles. The SMILES string of the molecule is COc1ccc(C(C)O)c(OCCC(=O)NC(C)C)c1. The largest absolute Gasteiger partial charge is 0.497 e. The second kappa shape index (κ2) is 7.75. The van der Waals surface area contributed by atoms with Crippen LogP contribution in [0.1, 0.15) is 38.9 Å². The molecule has 112 valence electrons. The zero-order valence-corrected chi connectivity index (χ0v) is 12.5. The summed E-state index contributed by atoms with van der Waals surface area (Å²) in [6.45, 7) is 5.74. The molecule has 20 heavy (non-hydrogen) atoms. The van der Waals surface area contributed by atoms with Crippen LogP contribution in [0.3, 0.4) is 0 Å². The molecular weight excluding hydrogens is 258 g/mol. The number of benzene rings is 1. The minimum Gasteiger partial charge on any atom is -0.497 e. The molecule has 0 bridgehead atoms. The average molecular weight is 281 g/mol. The third kappa shape index (κ3) is 5.09. The van der Waals surface area contributed by atoms with Gasteiger partial charge in [0.25, 0.3) is 0 Å². The van der Waals surface area contributed by atoms with Gasteiger partial charge < -0.3 is 19.9 Å². The van der Waals surface area contributed by atoms with E-state index in [4.69, 9.17) is 9.47 Å². The molecule has 5 heteroatoms. The number of hydrogen-bond donors (Lipinski definition) is 2. The number of carbonyl (C=O) groups is 1. The highest BCUT2D eigenvalue weighted by molar-refractivity contribution is 5.76. The van der Waals surface area contributed by atoms with Crippen molar-refractivity contribution in [3.05, 3.63) is 23.8 Å². The molecule has 0 spiro atoms. The summed E-state index contributed by atoms with van der Waals surface area (Å²) in [5.41, 5.74) is 0.676. The second-order valence-electron chi connectivity index (χ2n) is 4.90. The minimum atomic E-state index is -0.639. The van der Waals surface area contributed by atoms with Crippen molar-refractivity contribution in [2.24, 2.45) is 0 Å². The van der Waals surface area contributed by atoms with E-state index in [1.165, 1.54) is 0 Å². The molecule has 0 radical (unpaired) electrons. The summed E-state index contributed by atoms with van der Waals surface area (Å²) < 4.78 is 10.7. The number of hydrogen-bond acceptors (Lipinski definition) is 4. The van der Waals surface area contributed by atoms with Gasteiger partial charge in [0, 0.05) is 17.7 Å². The van der Waals surface area contributed by atoms with E-state index in [0.717, 1.165) is 0 Å². The van der Waals surface area contributed by atoms with Crippen molar-refractivity contribution >= 4 is 5.91 Å². The summed E-state index contributed by atoms with van der Waals surface area (Å²) >= 11 is 0. The fraction of sp³-hybridized carbons (Fsp3) is 0.533. The molecule has 0 aliphatic rings. The molecule has 1 amide bonds. The Morgan fingerprint density at radius 2 is 2.05 bits per heavy atom. The van der Waals surface area contributed by atoms with Crippen molar-refractivity contribution in [3.63, 3.8) is 0 Å². The normalized spacial score (nSPS) is 12.1. The lowest BCUT2D eigenvalue weighted by molar-refractivity contribution is -0.122. The Balaban J connectivity index is 2.64. The maximum Gasteiger partial charge on any atom is 0.223 e. The van der Waals surface area contributed by atoms with Crippen LogP contribution in [-0.2, 0) is 4.79 Å². The van der Waals surface area contributed by atoms with Crippen LogP contribution in [0.15, 0.2) is 18.2 Å². The van der Waals surface area contributed by atoms with Crippen molar-refractivity contribution in [1.29, 1.82) is 0 Å². The Kier molecular flexibility index (Phi) is 6.31. The number of rotatable bonds is 7. The summed E-state index contributed by atoms with van der Waals surface area (Å²) in [7, 11) is 1.57. The first kappa shape index (κ1) is 16.3. The molecule has 0 fully saturated rings. The van der Waals surface area contributed by atoms with E-state index in [0.29, 0.717) is 17.1 Å². The molecule has 0 aliphatic carbocycles. The summed E-state index contributed by atoms with van der Waals surface area (Å²) in [6.07, 6.45) is -0.366. The van der Waals surface area contributed by atoms with Gasteiger partial charge in [0.1, 0.15) is 11.5 Å². The first-order valence-electron chi connectivity index (χ1n) is 6.72. The van der Waals surface area contributed by atoms with Crippen LogP contribution >= 0.6 is 0 Å². The maximum atomic E-state index is 11.5. The molecule has 0 heterocycles. The van der Waals surface area contributed by atoms with Gasteiger partial charge in [-0.1, -0.05) is 0 Å². The zero-order valence-electron chi connectivity index (χ0n) is 12.5. The van der Waals surface area contributed by atoms with Crippen LogP contribution in [0.5, 0.6) is 11.5 Å². The number of aliphatic hydroxyl groups excluding tert-OH is 1. The van der Waals surface area contributed by atoms with Crippen LogP contribution in [0.25, 0.3) is 0 Å². The van der Waals surface area contributed by atoms with Gasteiger partial charge in [0.2, 0.25) is 5.91 Å². The molecule has 1 atom stereocenters. The predicted octanol–water partition coefficient (Wildman–Crippen LogP) is 2.04. The van der Waals surface area contributed by atoms with Crippen LogP contribution in [-0.4, -0.2) is 30.8 Å². The Bertz CT molecular complexity index is 443. The van der Waals surface area contributed by atoms with E-state index in [9.17, 15) is 9.90 Å². The van der Waals surface area contributed by atoms with Crippen LogP contribution < -0.4 is 14.8 Å². The lowest BCUT2D eigenvalue weighted by Crippen LogP contribution is -2.31. The fourth-order valence-corrected chi connectivity index (χ4v) is 1.76. The molecule has 0 saturated carbocycles. The minimum absolute atomic E-state index is 0.0542.